The van der Waals surface area contributed by atoms with E-state index >= 15 is 0 Å². The molecular formula is C6H12N2O2S. The van der Waals surface area contributed by atoms with Gasteiger partial charge in [-0.05, 0) is 13.8 Å². The van der Waals surface area contributed by atoms with E-state index in [9.17, 15) is 9.59 Å². The van der Waals surface area contributed by atoms with Gasteiger partial charge >= 0.3 is 0 Å². The van der Waals surface area contributed by atoms with Crippen molar-refractivity contribution in [3.63, 3.8) is 0 Å². The van der Waals surface area contributed by atoms with Gasteiger partial charge in [0, 0.05) is 0 Å². The molecule has 0 aromatic carbocycles. The van der Waals surface area contributed by atoms with Gasteiger partial charge in [-0.1, -0.05) is 0 Å². The quantitative estimate of drug-likeness (QED) is 0.497. The van der Waals surface area contributed by atoms with Crippen LogP contribution in [0.3, 0.4) is 0 Å². The lowest BCUT2D eigenvalue weighted by Gasteiger charge is -2.11. The molecule has 0 aromatic heterocycles. The van der Waals surface area contributed by atoms with Crippen LogP contribution in [-0.2, 0) is 9.59 Å². The molecule has 0 fully saturated rings. The standard InChI is InChI=1S/C6H12N2O2S/c1-3(5(7)9)8-6(10)4(2)11/h3-4,11H,1-2H3,(H2,7,9)(H,8,10). The van der Waals surface area contributed by atoms with Crippen molar-refractivity contribution in [1.29, 1.82) is 0 Å². The Morgan fingerprint density at radius 3 is 2.18 bits per heavy atom. The molecule has 2 atom stereocenters. The van der Waals surface area contributed by atoms with Crippen LogP contribution in [0, 0.1) is 0 Å². The van der Waals surface area contributed by atoms with Crippen LogP contribution < -0.4 is 11.1 Å². The van der Waals surface area contributed by atoms with E-state index in [1.807, 2.05) is 0 Å². The lowest BCUT2D eigenvalue weighted by molar-refractivity contribution is -0.126. The van der Waals surface area contributed by atoms with Crippen molar-refractivity contribution in [3.8, 4) is 0 Å². The van der Waals surface area contributed by atoms with E-state index in [0.29, 0.717) is 0 Å². The van der Waals surface area contributed by atoms with E-state index in [0.717, 1.165) is 0 Å². The fourth-order valence-electron chi connectivity index (χ4n) is 0.405. The Bertz CT molecular complexity index is 170. The first-order valence-corrected chi connectivity index (χ1v) is 3.74. The van der Waals surface area contributed by atoms with E-state index in [1.165, 1.54) is 6.92 Å². The highest BCUT2D eigenvalue weighted by atomic mass is 32.1. The maximum absolute atomic E-state index is 10.9. The first-order chi connectivity index (χ1) is 4.95. The average molecular weight is 176 g/mol. The Morgan fingerprint density at radius 1 is 1.45 bits per heavy atom. The lowest BCUT2D eigenvalue weighted by Crippen LogP contribution is -2.44. The smallest absolute Gasteiger partial charge is 0.239 e. The third kappa shape index (κ3) is 3.87. The zero-order valence-electron chi connectivity index (χ0n) is 6.50. The first-order valence-electron chi connectivity index (χ1n) is 3.23. The monoisotopic (exact) mass is 176 g/mol. The van der Waals surface area contributed by atoms with Crippen molar-refractivity contribution in [2.24, 2.45) is 5.73 Å². The molecule has 0 saturated heterocycles. The normalized spacial score (nSPS) is 15.2. The zero-order chi connectivity index (χ0) is 9.02. The number of nitrogens with two attached hydrogens (primary N) is 1. The van der Waals surface area contributed by atoms with Crippen molar-refractivity contribution in [2.45, 2.75) is 25.1 Å². The van der Waals surface area contributed by atoms with E-state index < -0.39 is 17.2 Å². The van der Waals surface area contributed by atoms with Crippen molar-refractivity contribution < 1.29 is 9.59 Å². The second-order valence-electron chi connectivity index (χ2n) is 2.31. The minimum absolute atomic E-state index is 0.292. The molecule has 0 radical (unpaired) electrons. The molecular weight excluding hydrogens is 164 g/mol. The van der Waals surface area contributed by atoms with Crippen LogP contribution in [0.1, 0.15) is 13.8 Å². The topological polar surface area (TPSA) is 72.2 Å². The Morgan fingerprint density at radius 2 is 1.91 bits per heavy atom. The Labute approximate surface area is 70.9 Å². The van der Waals surface area contributed by atoms with Crippen molar-refractivity contribution in [3.05, 3.63) is 0 Å². The predicted octanol–water partition coefficient (Wildman–Crippen LogP) is -0.705. The molecule has 2 amide bonds. The molecule has 2 unspecified atom stereocenters. The number of thiol groups is 1. The number of rotatable bonds is 3. The molecule has 0 rings (SSSR count). The molecule has 3 N–H and O–H groups in total. The van der Waals surface area contributed by atoms with Crippen LogP contribution in [0.15, 0.2) is 0 Å². The van der Waals surface area contributed by atoms with Crippen molar-refractivity contribution >= 4 is 24.4 Å². The Balaban J connectivity index is 3.85. The predicted molar refractivity (Wildman–Crippen MR) is 45.2 cm³/mol. The summed E-state index contributed by atoms with van der Waals surface area (Å²) in [6.07, 6.45) is 0. The van der Waals surface area contributed by atoms with Crippen molar-refractivity contribution in [1.82, 2.24) is 5.32 Å². The van der Waals surface area contributed by atoms with Crippen LogP contribution in [0.2, 0.25) is 0 Å². The fourth-order valence-corrected chi connectivity index (χ4v) is 0.480. The van der Waals surface area contributed by atoms with E-state index in [1.54, 1.807) is 6.92 Å². The van der Waals surface area contributed by atoms with Gasteiger partial charge in [-0.3, -0.25) is 9.59 Å². The molecule has 0 aliphatic carbocycles. The molecule has 0 aliphatic heterocycles. The van der Waals surface area contributed by atoms with Gasteiger partial charge in [-0.15, -0.1) is 0 Å². The van der Waals surface area contributed by atoms with E-state index in [4.69, 9.17) is 5.73 Å². The van der Waals surface area contributed by atoms with Gasteiger partial charge in [0.15, 0.2) is 0 Å². The largest absolute Gasteiger partial charge is 0.368 e. The number of hydrogen-bond donors (Lipinski definition) is 3. The third-order valence-corrected chi connectivity index (χ3v) is 1.40. The highest BCUT2D eigenvalue weighted by Gasteiger charge is 2.14. The summed E-state index contributed by atoms with van der Waals surface area (Å²) in [5, 5.41) is 1.97. The molecule has 0 heterocycles. The Kier molecular flexibility index (Phi) is 3.95. The maximum Gasteiger partial charge on any atom is 0.239 e. The van der Waals surface area contributed by atoms with Gasteiger partial charge in [0.1, 0.15) is 6.04 Å². The lowest BCUT2D eigenvalue weighted by atomic mass is 10.3. The summed E-state index contributed by atoms with van der Waals surface area (Å²) < 4.78 is 0. The summed E-state index contributed by atoms with van der Waals surface area (Å²) in [5.41, 5.74) is 4.91. The summed E-state index contributed by atoms with van der Waals surface area (Å²) in [7, 11) is 0. The van der Waals surface area contributed by atoms with E-state index in [2.05, 4.69) is 17.9 Å². The number of amides is 2. The van der Waals surface area contributed by atoms with Crippen LogP contribution in [0.25, 0.3) is 0 Å². The highest BCUT2D eigenvalue weighted by molar-refractivity contribution is 7.81. The van der Waals surface area contributed by atoms with Gasteiger partial charge in [-0.25, -0.2) is 0 Å². The van der Waals surface area contributed by atoms with Crippen molar-refractivity contribution in [2.75, 3.05) is 0 Å². The summed E-state index contributed by atoms with van der Waals surface area (Å²) in [6.45, 7) is 3.14. The molecule has 4 nitrogen and oxygen atoms in total. The molecule has 0 aliphatic rings. The maximum atomic E-state index is 10.9. The number of carbonyl (C=O) groups excluding carboxylic acids is 2. The fraction of sp³-hybridized carbons (Fsp3) is 0.667. The van der Waals surface area contributed by atoms with Gasteiger partial charge in [-0.2, -0.15) is 12.6 Å². The zero-order valence-corrected chi connectivity index (χ0v) is 7.39. The molecule has 0 spiro atoms. The number of primary amides is 1. The summed E-state index contributed by atoms with van der Waals surface area (Å²) >= 11 is 3.87. The number of nitrogens with one attached hydrogen (secondary N) is 1. The molecule has 11 heavy (non-hydrogen) atoms. The van der Waals surface area contributed by atoms with Gasteiger partial charge in [0.05, 0.1) is 5.25 Å². The molecule has 5 heteroatoms. The molecule has 0 bridgehead atoms. The second kappa shape index (κ2) is 4.23. The first kappa shape index (κ1) is 10.3. The summed E-state index contributed by atoms with van der Waals surface area (Å²) in [4.78, 5) is 21.3. The van der Waals surface area contributed by atoms with Crippen LogP contribution in [0.4, 0.5) is 0 Å². The van der Waals surface area contributed by atoms with Crippen LogP contribution in [0.5, 0.6) is 0 Å². The number of carbonyl (C=O) groups is 2. The highest BCUT2D eigenvalue weighted by Crippen LogP contribution is 1.92. The Hall–Kier alpha value is -0.710. The second-order valence-corrected chi connectivity index (χ2v) is 3.08. The SMILES string of the molecule is CC(S)C(=O)NC(C)C(N)=O. The molecule has 64 valence electrons. The van der Waals surface area contributed by atoms with Gasteiger partial charge in [0.2, 0.25) is 11.8 Å². The minimum Gasteiger partial charge on any atom is -0.368 e. The minimum atomic E-state index is -0.628. The average Bonchev–Trinajstić information content (AvgIpc) is 1.87. The number of hydrogen-bond acceptors (Lipinski definition) is 3. The molecule has 0 aromatic rings. The molecule has 0 saturated carbocycles. The summed E-state index contributed by atoms with van der Waals surface area (Å²) in [6, 6.07) is -0.628. The third-order valence-electron chi connectivity index (χ3n) is 1.16. The van der Waals surface area contributed by atoms with Crippen LogP contribution >= 0.6 is 12.6 Å². The summed E-state index contributed by atoms with van der Waals surface area (Å²) in [5.74, 6) is -0.841. The van der Waals surface area contributed by atoms with Gasteiger partial charge < -0.3 is 11.1 Å². The van der Waals surface area contributed by atoms with E-state index in [-0.39, 0.29) is 5.91 Å². The van der Waals surface area contributed by atoms with Gasteiger partial charge in [0.25, 0.3) is 0 Å². The van der Waals surface area contributed by atoms with Crippen LogP contribution in [-0.4, -0.2) is 23.1 Å².